The van der Waals surface area contributed by atoms with Gasteiger partial charge in [-0.1, -0.05) is 0 Å². The minimum atomic E-state index is -0.0877. The van der Waals surface area contributed by atoms with E-state index < -0.39 is 0 Å². The summed E-state index contributed by atoms with van der Waals surface area (Å²) in [5, 5.41) is 2.67. The summed E-state index contributed by atoms with van der Waals surface area (Å²) in [5.74, 6) is -0.0145. The molecule has 2 aromatic heterocycles. The highest BCUT2D eigenvalue weighted by Crippen LogP contribution is 2.21. The zero-order chi connectivity index (χ0) is 17.1. The topological polar surface area (TPSA) is 67.2 Å². The van der Waals surface area contributed by atoms with Gasteiger partial charge in [0.1, 0.15) is 5.69 Å². The number of amides is 2. The van der Waals surface area contributed by atoms with Crippen LogP contribution in [-0.2, 0) is 17.9 Å². The Hall–Kier alpha value is -2.63. The predicted molar refractivity (Wildman–Crippen MR) is 90.3 cm³/mol. The number of carbonyl (C=O) groups is 2. The number of rotatable bonds is 3. The summed E-state index contributed by atoms with van der Waals surface area (Å²) < 4.78 is 2.13. The molecule has 2 aromatic rings. The Balaban J connectivity index is 1.86. The molecule has 0 aromatic carbocycles. The standard InChI is InChI=1S/C18H22N4O2/c1-13-5-6-20-16(8-13)18(24)22-11-14(9-17(23)19-2)10-21-7-3-4-15(21)12-22/h3-8,14H,9-12H2,1-2H3,(H,19,23)/t14-/m0/s1. The molecule has 126 valence electrons. The highest BCUT2D eigenvalue weighted by molar-refractivity contribution is 5.92. The van der Waals surface area contributed by atoms with E-state index in [9.17, 15) is 9.59 Å². The van der Waals surface area contributed by atoms with Crippen LogP contribution >= 0.6 is 0 Å². The van der Waals surface area contributed by atoms with Gasteiger partial charge in [-0.25, -0.2) is 0 Å². The van der Waals surface area contributed by atoms with Crippen LogP contribution < -0.4 is 5.32 Å². The number of carbonyl (C=O) groups excluding carboxylic acids is 2. The van der Waals surface area contributed by atoms with Crippen LogP contribution in [0.1, 0.15) is 28.2 Å². The molecule has 1 aliphatic heterocycles. The first-order valence-electron chi connectivity index (χ1n) is 8.13. The van der Waals surface area contributed by atoms with E-state index in [1.54, 1.807) is 24.2 Å². The third kappa shape index (κ3) is 3.48. The van der Waals surface area contributed by atoms with Crippen LogP contribution in [0.15, 0.2) is 36.7 Å². The third-order valence-corrected chi connectivity index (χ3v) is 4.38. The van der Waals surface area contributed by atoms with Crippen LogP contribution in [0.3, 0.4) is 0 Å². The fourth-order valence-corrected chi connectivity index (χ4v) is 3.14. The SMILES string of the molecule is CNC(=O)C[C@@H]1CN(C(=O)c2cc(C)ccn2)Cc2cccn2C1. The first-order valence-corrected chi connectivity index (χ1v) is 8.13. The van der Waals surface area contributed by atoms with Crippen molar-refractivity contribution in [3.8, 4) is 0 Å². The lowest BCUT2D eigenvalue weighted by Gasteiger charge is -2.23. The first kappa shape index (κ1) is 16.2. The van der Waals surface area contributed by atoms with Gasteiger partial charge in [0.25, 0.3) is 5.91 Å². The van der Waals surface area contributed by atoms with E-state index in [1.165, 1.54) is 0 Å². The number of aromatic nitrogens is 2. The van der Waals surface area contributed by atoms with Gasteiger partial charge >= 0.3 is 0 Å². The Morgan fingerprint density at radius 3 is 2.92 bits per heavy atom. The Morgan fingerprint density at radius 1 is 1.33 bits per heavy atom. The fraction of sp³-hybridized carbons (Fsp3) is 0.389. The van der Waals surface area contributed by atoms with Crippen molar-refractivity contribution in [2.75, 3.05) is 13.6 Å². The molecule has 0 aliphatic carbocycles. The maximum atomic E-state index is 12.9. The summed E-state index contributed by atoms with van der Waals surface area (Å²) in [6.45, 7) is 3.76. The Labute approximate surface area is 141 Å². The van der Waals surface area contributed by atoms with Gasteiger partial charge in [-0.15, -0.1) is 0 Å². The van der Waals surface area contributed by atoms with E-state index in [0.29, 0.717) is 25.2 Å². The summed E-state index contributed by atoms with van der Waals surface area (Å²) >= 11 is 0. The zero-order valence-corrected chi connectivity index (χ0v) is 14.0. The smallest absolute Gasteiger partial charge is 0.272 e. The van der Waals surface area contributed by atoms with Gasteiger partial charge in [0.2, 0.25) is 5.91 Å². The number of nitrogens with zero attached hydrogens (tertiary/aromatic N) is 3. The first-order chi connectivity index (χ1) is 11.6. The Morgan fingerprint density at radius 2 is 2.17 bits per heavy atom. The molecule has 0 radical (unpaired) electrons. The molecule has 0 spiro atoms. The van der Waals surface area contributed by atoms with Crippen molar-refractivity contribution in [1.82, 2.24) is 19.8 Å². The van der Waals surface area contributed by atoms with Crippen molar-refractivity contribution in [2.45, 2.75) is 26.4 Å². The van der Waals surface area contributed by atoms with E-state index >= 15 is 0 Å². The second-order valence-corrected chi connectivity index (χ2v) is 6.30. The highest BCUT2D eigenvalue weighted by atomic mass is 16.2. The highest BCUT2D eigenvalue weighted by Gasteiger charge is 2.27. The van der Waals surface area contributed by atoms with Crippen LogP contribution in [0.25, 0.3) is 0 Å². The molecule has 0 saturated carbocycles. The minimum Gasteiger partial charge on any atom is -0.359 e. The quantitative estimate of drug-likeness (QED) is 0.931. The summed E-state index contributed by atoms with van der Waals surface area (Å²) in [6.07, 6.45) is 4.06. The molecule has 2 amide bonds. The lowest BCUT2D eigenvalue weighted by atomic mass is 10.0. The molecular formula is C18H22N4O2. The van der Waals surface area contributed by atoms with Gasteiger partial charge in [0.15, 0.2) is 0 Å². The second kappa shape index (κ2) is 6.86. The zero-order valence-electron chi connectivity index (χ0n) is 14.0. The number of fused-ring (bicyclic) bond motifs is 1. The summed E-state index contributed by atoms with van der Waals surface area (Å²) in [6, 6.07) is 7.68. The summed E-state index contributed by atoms with van der Waals surface area (Å²) in [5.41, 5.74) is 2.54. The van der Waals surface area contributed by atoms with Crippen molar-refractivity contribution in [2.24, 2.45) is 5.92 Å². The van der Waals surface area contributed by atoms with Crippen LogP contribution in [0.4, 0.5) is 0 Å². The molecule has 3 rings (SSSR count). The molecular weight excluding hydrogens is 304 g/mol. The summed E-state index contributed by atoms with van der Waals surface area (Å²) in [7, 11) is 1.64. The largest absolute Gasteiger partial charge is 0.359 e. The lowest BCUT2D eigenvalue weighted by molar-refractivity contribution is -0.121. The number of hydrogen-bond acceptors (Lipinski definition) is 3. The molecule has 6 nitrogen and oxygen atoms in total. The molecule has 1 aliphatic rings. The molecule has 6 heteroatoms. The van der Waals surface area contributed by atoms with E-state index in [2.05, 4.69) is 14.9 Å². The molecule has 24 heavy (non-hydrogen) atoms. The van der Waals surface area contributed by atoms with Gasteiger partial charge in [-0.2, -0.15) is 0 Å². The molecule has 0 fully saturated rings. The van der Waals surface area contributed by atoms with Crippen LogP contribution in [-0.4, -0.2) is 39.9 Å². The van der Waals surface area contributed by atoms with Crippen molar-refractivity contribution >= 4 is 11.8 Å². The minimum absolute atomic E-state index is 0.00307. The van der Waals surface area contributed by atoms with Gasteiger partial charge in [-0.3, -0.25) is 14.6 Å². The number of pyridine rings is 1. The van der Waals surface area contributed by atoms with Crippen molar-refractivity contribution in [3.63, 3.8) is 0 Å². The average Bonchev–Trinajstić information content (AvgIpc) is 2.92. The van der Waals surface area contributed by atoms with E-state index in [1.807, 2.05) is 31.3 Å². The van der Waals surface area contributed by atoms with E-state index in [-0.39, 0.29) is 17.7 Å². The second-order valence-electron chi connectivity index (χ2n) is 6.30. The van der Waals surface area contributed by atoms with Crippen LogP contribution in [0, 0.1) is 12.8 Å². The molecule has 0 saturated heterocycles. The van der Waals surface area contributed by atoms with Gasteiger partial charge < -0.3 is 14.8 Å². The van der Waals surface area contributed by atoms with Crippen molar-refractivity contribution in [1.29, 1.82) is 0 Å². The number of nitrogens with one attached hydrogen (secondary N) is 1. The molecule has 0 bridgehead atoms. The van der Waals surface area contributed by atoms with E-state index in [4.69, 9.17) is 0 Å². The van der Waals surface area contributed by atoms with Crippen LogP contribution in [0.5, 0.6) is 0 Å². The maximum absolute atomic E-state index is 12.9. The molecule has 1 atom stereocenters. The Kier molecular flexibility index (Phi) is 4.64. The summed E-state index contributed by atoms with van der Waals surface area (Å²) in [4.78, 5) is 30.7. The normalized spacial score (nSPS) is 17.1. The average molecular weight is 326 g/mol. The predicted octanol–water partition coefficient (Wildman–Crippen LogP) is 1.60. The van der Waals surface area contributed by atoms with Gasteiger partial charge in [0.05, 0.1) is 6.54 Å². The monoisotopic (exact) mass is 326 g/mol. The number of hydrogen-bond donors (Lipinski definition) is 1. The molecule has 1 N–H and O–H groups in total. The van der Waals surface area contributed by atoms with E-state index in [0.717, 1.165) is 17.8 Å². The third-order valence-electron chi connectivity index (χ3n) is 4.38. The molecule has 3 heterocycles. The lowest BCUT2D eigenvalue weighted by Crippen LogP contribution is -2.36. The number of aryl methyl sites for hydroxylation is 1. The molecule has 0 unspecified atom stereocenters. The Bertz CT molecular complexity index is 753. The van der Waals surface area contributed by atoms with Gasteiger partial charge in [-0.05, 0) is 36.8 Å². The fourth-order valence-electron chi connectivity index (χ4n) is 3.14. The maximum Gasteiger partial charge on any atom is 0.272 e. The van der Waals surface area contributed by atoms with Crippen molar-refractivity contribution in [3.05, 3.63) is 53.6 Å². The van der Waals surface area contributed by atoms with Crippen molar-refractivity contribution < 1.29 is 9.59 Å². The van der Waals surface area contributed by atoms with Gasteiger partial charge in [0, 0.05) is 50.6 Å². The van der Waals surface area contributed by atoms with Crippen LogP contribution in [0.2, 0.25) is 0 Å².